The number of carbonyl (C=O) groups excluding carboxylic acids is 4. The molecule has 2 heterocycles. The Labute approximate surface area is 207 Å². The summed E-state index contributed by atoms with van der Waals surface area (Å²) in [5.41, 5.74) is 2.49. The number of nitrogens with one attached hydrogen (secondary N) is 5. The molecule has 0 aliphatic carbocycles. The molecule has 10 nitrogen and oxygen atoms in total. The number of aromatic amines is 1. The van der Waals surface area contributed by atoms with Crippen LogP contribution in [0.25, 0.3) is 10.9 Å². The number of hydrogen-bond acceptors (Lipinski definition) is 5. The minimum atomic E-state index is -1.28. The van der Waals surface area contributed by atoms with Crippen LogP contribution in [0.2, 0.25) is 0 Å². The molecule has 10 heteroatoms. The minimum Gasteiger partial charge on any atom is -0.394 e. The fourth-order valence-corrected chi connectivity index (χ4v) is 4.20. The van der Waals surface area contributed by atoms with Crippen LogP contribution >= 0.6 is 0 Å². The van der Waals surface area contributed by atoms with Gasteiger partial charge in [0.05, 0.1) is 6.61 Å². The maximum absolute atomic E-state index is 13.5. The SMILES string of the molecule is C[C@@H]1NC(=O)[C@H](Cc2ccccc2)NC(=O)[C@H](Cc2c[nH]c3ccccc23)NC(=O)[C@H](CO)NC1=O. The van der Waals surface area contributed by atoms with Gasteiger partial charge in [0.2, 0.25) is 23.6 Å². The van der Waals surface area contributed by atoms with Crippen molar-refractivity contribution in [3.05, 3.63) is 71.9 Å². The molecule has 36 heavy (non-hydrogen) atoms. The van der Waals surface area contributed by atoms with Crippen LogP contribution in [0.15, 0.2) is 60.8 Å². The lowest BCUT2D eigenvalue weighted by molar-refractivity contribution is -0.137. The van der Waals surface area contributed by atoms with Crippen molar-refractivity contribution in [1.82, 2.24) is 26.3 Å². The van der Waals surface area contributed by atoms with Crippen molar-refractivity contribution in [2.24, 2.45) is 0 Å². The van der Waals surface area contributed by atoms with Gasteiger partial charge in [-0.1, -0.05) is 48.5 Å². The van der Waals surface area contributed by atoms with Crippen molar-refractivity contribution < 1.29 is 24.3 Å². The van der Waals surface area contributed by atoms with Crippen LogP contribution in [0.1, 0.15) is 18.1 Å². The Hall–Kier alpha value is -4.18. The van der Waals surface area contributed by atoms with Gasteiger partial charge in [-0.15, -0.1) is 0 Å². The third kappa shape index (κ3) is 5.72. The third-order valence-corrected chi connectivity index (χ3v) is 6.22. The molecule has 0 saturated carbocycles. The lowest BCUT2D eigenvalue weighted by Crippen LogP contribution is -2.62. The van der Waals surface area contributed by atoms with Gasteiger partial charge >= 0.3 is 0 Å². The number of rotatable bonds is 5. The molecule has 2 aromatic carbocycles. The molecular formula is C26H29N5O5. The van der Waals surface area contributed by atoms with Gasteiger partial charge in [-0.2, -0.15) is 0 Å². The van der Waals surface area contributed by atoms with E-state index in [2.05, 4.69) is 26.3 Å². The number of hydrogen-bond donors (Lipinski definition) is 6. The summed E-state index contributed by atoms with van der Waals surface area (Å²) in [5.74, 6) is -2.42. The fraction of sp³-hybridized carbons (Fsp3) is 0.308. The van der Waals surface area contributed by atoms with Crippen LogP contribution in [0.5, 0.6) is 0 Å². The minimum absolute atomic E-state index is 0.129. The molecule has 0 radical (unpaired) electrons. The van der Waals surface area contributed by atoms with E-state index in [1.807, 2.05) is 54.6 Å². The normalized spacial score (nSPS) is 23.6. The highest BCUT2D eigenvalue weighted by atomic mass is 16.3. The largest absolute Gasteiger partial charge is 0.394 e. The van der Waals surface area contributed by atoms with E-state index >= 15 is 0 Å². The van der Waals surface area contributed by atoms with E-state index in [1.165, 1.54) is 6.92 Å². The maximum atomic E-state index is 13.5. The van der Waals surface area contributed by atoms with E-state index in [0.29, 0.717) is 0 Å². The predicted octanol–water partition coefficient (Wildman–Crippen LogP) is -0.0819. The molecule has 4 rings (SSSR count). The van der Waals surface area contributed by atoms with Crippen LogP contribution in [-0.2, 0) is 32.0 Å². The van der Waals surface area contributed by atoms with E-state index in [0.717, 1.165) is 22.0 Å². The van der Waals surface area contributed by atoms with Gasteiger partial charge < -0.3 is 31.4 Å². The number of carbonyl (C=O) groups is 4. The summed E-state index contributed by atoms with van der Waals surface area (Å²) >= 11 is 0. The number of H-pyrrole nitrogens is 1. The van der Waals surface area contributed by atoms with Crippen molar-refractivity contribution in [1.29, 1.82) is 0 Å². The first-order chi connectivity index (χ1) is 17.4. The number of aromatic nitrogens is 1. The van der Waals surface area contributed by atoms with E-state index in [1.54, 1.807) is 6.20 Å². The third-order valence-electron chi connectivity index (χ3n) is 6.22. The molecule has 4 amide bonds. The van der Waals surface area contributed by atoms with Crippen molar-refractivity contribution in [3.63, 3.8) is 0 Å². The van der Waals surface area contributed by atoms with Gasteiger partial charge in [0.15, 0.2) is 0 Å². The second-order valence-corrected chi connectivity index (χ2v) is 8.85. The van der Waals surface area contributed by atoms with Crippen molar-refractivity contribution in [2.75, 3.05) is 6.61 Å². The smallest absolute Gasteiger partial charge is 0.245 e. The topological polar surface area (TPSA) is 152 Å². The molecular weight excluding hydrogens is 462 g/mol. The number of aliphatic hydroxyl groups is 1. The summed E-state index contributed by atoms with van der Waals surface area (Å²) in [6.07, 6.45) is 2.09. The van der Waals surface area contributed by atoms with E-state index < -0.39 is 54.4 Å². The molecule has 0 spiro atoms. The Morgan fingerprint density at radius 3 is 2.00 bits per heavy atom. The van der Waals surface area contributed by atoms with Crippen LogP contribution < -0.4 is 21.3 Å². The van der Waals surface area contributed by atoms with Crippen LogP contribution in [0.3, 0.4) is 0 Å². The van der Waals surface area contributed by atoms with Crippen LogP contribution in [-0.4, -0.2) is 64.5 Å². The summed E-state index contributed by atoms with van der Waals surface area (Å²) in [6, 6.07) is 12.4. The standard InChI is InChI=1S/C26H29N5O5/c1-15-23(33)31-22(14-32)26(36)30-21(12-17-13-27-19-10-6-5-9-18(17)19)25(35)29-20(24(34)28-15)11-16-7-3-2-4-8-16/h2-10,13,15,20-22,27,32H,11-12,14H2,1H3,(H,28,34)(H,29,35)(H,30,36)(H,31,33)/t15-,20-,21-,22-/m0/s1. The van der Waals surface area contributed by atoms with E-state index in [9.17, 15) is 24.3 Å². The number of fused-ring (bicyclic) bond motifs is 1. The average Bonchev–Trinajstić information content (AvgIpc) is 3.29. The maximum Gasteiger partial charge on any atom is 0.245 e. The summed E-state index contributed by atoms with van der Waals surface area (Å²) in [7, 11) is 0. The van der Waals surface area contributed by atoms with E-state index in [4.69, 9.17) is 0 Å². The lowest BCUT2D eigenvalue weighted by atomic mass is 10.0. The molecule has 1 saturated heterocycles. The van der Waals surface area contributed by atoms with Gasteiger partial charge in [0.25, 0.3) is 0 Å². The molecule has 1 aliphatic rings. The quantitative estimate of drug-likeness (QED) is 0.295. The summed E-state index contributed by atoms with van der Waals surface area (Å²) < 4.78 is 0. The van der Waals surface area contributed by atoms with Crippen LogP contribution in [0.4, 0.5) is 0 Å². The van der Waals surface area contributed by atoms with Gasteiger partial charge in [0.1, 0.15) is 24.2 Å². The fourth-order valence-electron chi connectivity index (χ4n) is 4.20. The predicted molar refractivity (Wildman–Crippen MR) is 133 cm³/mol. The average molecular weight is 492 g/mol. The van der Waals surface area contributed by atoms with Gasteiger partial charge in [-0.05, 0) is 24.1 Å². The van der Waals surface area contributed by atoms with Gasteiger partial charge in [-0.3, -0.25) is 19.2 Å². The molecule has 0 unspecified atom stereocenters. The summed E-state index contributed by atoms with van der Waals surface area (Å²) in [4.78, 5) is 55.2. The molecule has 3 aromatic rings. The van der Waals surface area contributed by atoms with Crippen molar-refractivity contribution in [3.8, 4) is 0 Å². The number of amides is 4. The highest BCUT2D eigenvalue weighted by molar-refractivity contribution is 5.98. The highest BCUT2D eigenvalue weighted by Crippen LogP contribution is 2.19. The zero-order chi connectivity index (χ0) is 25.7. The molecule has 6 N–H and O–H groups in total. The molecule has 1 fully saturated rings. The Bertz CT molecular complexity index is 1260. The zero-order valence-electron chi connectivity index (χ0n) is 19.8. The summed E-state index contributed by atoms with van der Waals surface area (Å²) in [5, 5.41) is 21.1. The van der Waals surface area contributed by atoms with E-state index in [-0.39, 0.29) is 12.8 Å². The van der Waals surface area contributed by atoms with Gasteiger partial charge in [-0.25, -0.2) is 0 Å². The number of benzene rings is 2. The first-order valence-corrected chi connectivity index (χ1v) is 11.8. The highest BCUT2D eigenvalue weighted by Gasteiger charge is 2.33. The molecule has 0 bridgehead atoms. The molecule has 1 aromatic heterocycles. The second kappa shape index (κ2) is 11.0. The van der Waals surface area contributed by atoms with Gasteiger partial charge in [0, 0.05) is 29.9 Å². The Balaban J connectivity index is 1.66. The summed E-state index contributed by atoms with van der Waals surface area (Å²) in [6.45, 7) is 0.794. The number of para-hydroxylation sites is 1. The zero-order valence-corrected chi connectivity index (χ0v) is 19.8. The van der Waals surface area contributed by atoms with Crippen molar-refractivity contribution in [2.45, 2.75) is 43.9 Å². The first-order valence-electron chi connectivity index (χ1n) is 11.8. The molecule has 1 aliphatic heterocycles. The second-order valence-electron chi connectivity index (χ2n) is 8.85. The van der Waals surface area contributed by atoms with Crippen LogP contribution in [0, 0.1) is 0 Å². The molecule has 188 valence electrons. The van der Waals surface area contributed by atoms with Crippen molar-refractivity contribution >= 4 is 34.5 Å². The Kier molecular flexibility index (Phi) is 7.65. The monoisotopic (exact) mass is 491 g/mol. The Morgan fingerprint density at radius 1 is 0.694 bits per heavy atom. The molecule has 4 atom stereocenters. The first kappa shape index (κ1) is 24.9. The lowest BCUT2D eigenvalue weighted by Gasteiger charge is -2.28. The number of aliphatic hydroxyl groups excluding tert-OH is 1. The Morgan fingerprint density at radius 2 is 1.28 bits per heavy atom.